The molecular formula is C4H4NP. The van der Waals surface area contributed by atoms with Crippen molar-refractivity contribution in [3.63, 3.8) is 0 Å². The Kier molecular flexibility index (Phi) is 0.932. The van der Waals surface area contributed by atoms with E-state index < -0.39 is 0 Å². The number of aromatic amines is 1. The average Bonchev–Trinajstić information content (AvgIpc) is 1.86. The van der Waals surface area contributed by atoms with Gasteiger partial charge in [0.25, 0.3) is 0 Å². The lowest BCUT2D eigenvalue weighted by atomic mass is 10.7. The molecular weight excluding hydrogens is 93.0 g/mol. The van der Waals surface area contributed by atoms with Crippen LogP contribution in [0.15, 0.2) is 18.3 Å². The third-order valence-electron chi connectivity index (χ3n) is 0.582. The predicted octanol–water partition coefficient (Wildman–Crippen LogP) is 1.05. The van der Waals surface area contributed by atoms with E-state index in [9.17, 15) is 0 Å². The Bertz CT molecular complexity index is 111. The molecule has 0 atom stereocenters. The van der Waals surface area contributed by atoms with Gasteiger partial charge >= 0.3 is 0 Å². The van der Waals surface area contributed by atoms with E-state index in [2.05, 4.69) is 14.2 Å². The molecule has 2 heteroatoms. The fourth-order valence-electron chi connectivity index (χ4n) is 0.321. The van der Waals surface area contributed by atoms with Gasteiger partial charge in [-0.2, -0.15) is 0 Å². The van der Waals surface area contributed by atoms with E-state index in [1.54, 1.807) is 0 Å². The monoisotopic (exact) mass is 97.0 g/mol. The minimum atomic E-state index is 0.912. The van der Waals surface area contributed by atoms with E-state index in [0.717, 1.165) is 5.44 Å². The maximum atomic E-state index is 3.98. The highest BCUT2D eigenvalue weighted by Crippen LogP contribution is 1.80. The van der Waals surface area contributed by atoms with E-state index in [0.29, 0.717) is 0 Å². The SMILES string of the molecule is [P]c1ccc[nH]1. The molecule has 0 amide bonds. The van der Waals surface area contributed by atoms with Crippen molar-refractivity contribution in [3.8, 4) is 0 Å². The van der Waals surface area contributed by atoms with Crippen LogP contribution in [0.1, 0.15) is 0 Å². The summed E-state index contributed by atoms with van der Waals surface area (Å²) in [4.78, 5) is 2.86. The third kappa shape index (κ3) is 0.605. The maximum absolute atomic E-state index is 3.98. The smallest absolute Gasteiger partial charge is 0.0487 e. The second-order valence-electron chi connectivity index (χ2n) is 1.06. The van der Waals surface area contributed by atoms with Crippen LogP contribution in [0.25, 0.3) is 0 Å². The van der Waals surface area contributed by atoms with Gasteiger partial charge in [0.2, 0.25) is 0 Å². The highest BCUT2D eigenvalue weighted by atomic mass is 31.0. The van der Waals surface area contributed by atoms with Gasteiger partial charge in [-0.3, -0.25) is 0 Å². The number of rotatable bonds is 0. The van der Waals surface area contributed by atoms with Crippen LogP contribution in [-0.2, 0) is 0 Å². The van der Waals surface area contributed by atoms with Crippen LogP contribution in [0, 0.1) is 0 Å². The number of nitrogens with one attached hydrogen (secondary N) is 1. The number of hydrogen-bond donors (Lipinski definition) is 1. The van der Waals surface area contributed by atoms with Crippen molar-refractivity contribution >= 4 is 14.7 Å². The Balaban J connectivity index is 3.05. The Labute approximate surface area is 39.0 Å². The minimum absolute atomic E-state index is 0.912. The van der Waals surface area contributed by atoms with Crippen LogP contribution in [0.4, 0.5) is 0 Å². The van der Waals surface area contributed by atoms with Gasteiger partial charge in [0.1, 0.15) is 0 Å². The normalized spacial score (nSPS) is 8.83. The zero-order valence-electron chi connectivity index (χ0n) is 3.18. The van der Waals surface area contributed by atoms with Gasteiger partial charge in [-0.05, 0) is 12.1 Å². The van der Waals surface area contributed by atoms with E-state index in [1.807, 2.05) is 18.3 Å². The largest absolute Gasteiger partial charge is 0.361 e. The molecule has 0 saturated heterocycles. The number of aromatic nitrogens is 1. The molecule has 1 rings (SSSR count). The summed E-state index contributed by atoms with van der Waals surface area (Å²) in [6, 6.07) is 3.80. The first-order valence-electron chi connectivity index (χ1n) is 1.72. The van der Waals surface area contributed by atoms with Gasteiger partial charge in [0.05, 0.1) is 0 Å². The van der Waals surface area contributed by atoms with Crippen LogP contribution >= 0.6 is 9.24 Å². The first-order chi connectivity index (χ1) is 2.89. The molecule has 0 bridgehead atoms. The molecule has 1 heterocycles. The van der Waals surface area contributed by atoms with Crippen molar-refractivity contribution in [3.05, 3.63) is 18.3 Å². The molecule has 0 aliphatic carbocycles. The summed E-state index contributed by atoms with van der Waals surface area (Å²) in [6.45, 7) is 0. The summed E-state index contributed by atoms with van der Waals surface area (Å²) >= 11 is 0. The molecule has 1 aromatic rings. The molecule has 1 N–H and O–H groups in total. The topological polar surface area (TPSA) is 15.8 Å². The molecule has 0 fully saturated rings. The summed E-state index contributed by atoms with van der Waals surface area (Å²) in [5, 5.41) is 0. The van der Waals surface area contributed by atoms with E-state index >= 15 is 0 Å². The Morgan fingerprint density at radius 2 is 2.50 bits per heavy atom. The second-order valence-corrected chi connectivity index (χ2v) is 1.54. The molecule has 0 aromatic carbocycles. The molecule has 0 unspecified atom stereocenters. The van der Waals surface area contributed by atoms with Crippen molar-refractivity contribution in [1.82, 2.24) is 4.98 Å². The Hall–Kier alpha value is -0.290. The van der Waals surface area contributed by atoms with Crippen molar-refractivity contribution in [2.75, 3.05) is 0 Å². The van der Waals surface area contributed by atoms with Crippen LogP contribution in [0.5, 0.6) is 0 Å². The fraction of sp³-hybridized carbons (Fsp3) is 0. The average molecular weight is 97.1 g/mol. The lowest BCUT2D eigenvalue weighted by Crippen LogP contribution is -1.83. The number of hydrogen-bond acceptors (Lipinski definition) is 0. The van der Waals surface area contributed by atoms with E-state index in [4.69, 9.17) is 0 Å². The first kappa shape index (κ1) is 3.89. The summed E-state index contributed by atoms with van der Waals surface area (Å²) < 4.78 is 0. The highest BCUT2D eigenvalue weighted by Gasteiger charge is 1.74. The second kappa shape index (κ2) is 1.44. The molecule has 1 nitrogen and oxygen atoms in total. The highest BCUT2D eigenvalue weighted by molar-refractivity contribution is 7.26. The molecule has 0 aliphatic heterocycles. The predicted molar refractivity (Wildman–Crippen MR) is 27.3 cm³/mol. The molecule has 2 radical (unpaired) electrons. The fourth-order valence-corrected chi connectivity index (χ4v) is 0.481. The number of H-pyrrole nitrogens is 1. The Morgan fingerprint density at radius 3 is 2.67 bits per heavy atom. The van der Waals surface area contributed by atoms with Crippen LogP contribution in [0.2, 0.25) is 0 Å². The molecule has 0 aliphatic rings. The summed E-state index contributed by atoms with van der Waals surface area (Å²) in [5.74, 6) is 0. The van der Waals surface area contributed by atoms with Crippen LogP contribution in [-0.4, -0.2) is 4.98 Å². The molecule has 30 valence electrons. The minimum Gasteiger partial charge on any atom is -0.361 e. The summed E-state index contributed by atoms with van der Waals surface area (Å²) in [5.41, 5.74) is 0.912. The van der Waals surface area contributed by atoms with Crippen molar-refractivity contribution in [2.24, 2.45) is 0 Å². The lowest BCUT2D eigenvalue weighted by Gasteiger charge is -1.68. The van der Waals surface area contributed by atoms with Crippen molar-refractivity contribution in [2.45, 2.75) is 0 Å². The third-order valence-corrected chi connectivity index (χ3v) is 0.860. The first-order valence-corrected chi connectivity index (χ1v) is 2.16. The molecule has 0 saturated carbocycles. The van der Waals surface area contributed by atoms with Gasteiger partial charge in [0, 0.05) is 20.9 Å². The van der Waals surface area contributed by atoms with Gasteiger partial charge in [-0.1, -0.05) is 0 Å². The van der Waals surface area contributed by atoms with Crippen molar-refractivity contribution in [1.29, 1.82) is 0 Å². The van der Waals surface area contributed by atoms with Gasteiger partial charge in [0.15, 0.2) is 0 Å². The molecule has 1 aromatic heterocycles. The van der Waals surface area contributed by atoms with E-state index in [-0.39, 0.29) is 0 Å². The molecule has 0 spiro atoms. The van der Waals surface area contributed by atoms with Crippen LogP contribution in [0.3, 0.4) is 0 Å². The lowest BCUT2D eigenvalue weighted by molar-refractivity contribution is 1.48. The standard InChI is InChI=1S/C4H4NP/c6-4-2-1-3-5-4/h1-3,5H. The summed E-state index contributed by atoms with van der Waals surface area (Å²) in [6.07, 6.45) is 1.84. The van der Waals surface area contributed by atoms with E-state index in [1.165, 1.54) is 0 Å². The molecule has 6 heavy (non-hydrogen) atoms. The maximum Gasteiger partial charge on any atom is 0.0487 e. The quantitative estimate of drug-likeness (QED) is 0.466. The Morgan fingerprint density at radius 1 is 1.67 bits per heavy atom. The van der Waals surface area contributed by atoms with Gasteiger partial charge in [-0.25, -0.2) is 0 Å². The van der Waals surface area contributed by atoms with Gasteiger partial charge < -0.3 is 4.98 Å². The zero-order chi connectivity index (χ0) is 4.41. The summed E-state index contributed by atoms with van der Waals surface area (Å²) in [7, 11) is 3.98. The zero-order valence-corrected chi connectivity index (χ0v) is 4.07. The van der Waals surface area contributed by atoms with Crippen LogP contribution < -0.4 is 5.44 Å². The van der Waals surface area contributed by atoms with Gasteiger partial charge in [-0.15, -0.1) is 0 Å². The van der Waals surface area contributed by atoms with Crippen molar-refractivity contribution < 1.29 is 0 Å².